The van der Waals surface area contributed by atoms with Gasteiger partial charge in [0.25, 0.3) is 5.91 Å². The van der Waals surface area contributed by atoms with Crippen molar-refractivity contribution in [2.24, 2.45) is 4.99 Å². The summed E-state index contributed by atoms with van der Waals surface area (Å²) in [4.78, 5) is 16.9. The monoisotopic (exact) mass is 475 g/mol. The van der Waals surface area contributed by atoms with E-state index in [0.29, 0.717) is 30.4 Å². The second-order valence-electron chi connectivity index (χ2n) is 8.51. The van der Waals surface area contributed by atoms with Crippen LogP contribution in [0, 0.1) is 11.5 Å². The first-order valence-corrected chi connectivity index (χ1v) is 11.7. The van der Waals surface area contributed by atoms with E-state index in [0.717, 1.165) is 37.0 Å². The average molecular weight is 476 g/mol. The largest absolute Gasteiger partial charge is 0.496 e. The minimum Gasteiger partial charge on any atom is -0.496 e. The molecule has 0 aromatic heterocycles. The third kappa shape index (κ3) is 6.33. The maximum atomic E-state index is 13.1. The molecule has 3 N–H and O–H groups in total. The molecule has 0 aliphatic heterocycles. The standard InChI is InChI=1S/C27H33N5O3/c1-4-17-29-26(31-19-28)32-20-13-15-27(16-14-20,22-10-6-8-12-24(22)35-3)18-30-25(33)21-9-5-7-11-23(21)34-2/h4-12,20H,1,13-18H2,2-3H3,(H,30,33)(H2,29,31,32)/t20-,27+. The molecule has 2 aromatic rings. The summed E-state index contributed by atoms with van der Waals surface area (Å²) in [5.41, 5.74) is 1.28. The van der Waals surface area contributed by atoms with E-state index in [9.17, 15) is 4.79 Å². The van der Waals surface area contributed by atoms with E-state index in [1.807, 2.05) is 36.5 Å². The molecule has 0 unspecified atom stereocenters. The summed E-state index contributed by atoms with van der Waals surface area (Å²) in [7, 11) is 3.23. The van der Waals surface area contributed by atoms with Gasteiger partial charge in [0.05, 0.1) is 19.8 Å². The van der Waals surface area contributed by atoms with Crippen LogP contribution in [-0.4, -0.2) is 45.2 Å². The van der Waals surface area contributed by atoms with Gasteiger partial charge in [0.2, 0.25) is 12.2 Å². The lowest BCUT2D eigenvalue weighted by atomic mass is 9.67. The van der Waals surface area contributed by atoms with Gasteiger partial charge in [0, 0.05) is 30.1 Å². The minimum absolute atomic E-state index is 0.146. The number of guanidine groups is 1. The Morgan fingerprint density at radius 2 is 1.77 bits per heavy atom. The molecule has 0 saturated heterocycles. The van der Waals surface area contributed by atoms with Gasteiger partial charge in [-0.05, 0) is 43.9 Å². The first-order valence-electron chi connectivity index (χ1n) is 11.7. The van der Waals surface area contributed by atoms with Gasteiger partial charge < -0.3 is 25.4 Å². The third-order valence-electron chi connectivity index (χ3n) is 6.48. The van der Waals surface area contributed by atoms with Crippen LogP contribution in [0.2, 0.25) is 0 Å². The van der Waals surface area contributed by atoms with Gasteiger partial charge in [-0.25, -0.2) is 0 Å². The molecule has 1 saturated carbocycles. The first-order chi connectivity index (χ1) is 17.1. The van der Waals surface area contributed by atoms with Crippen LogP contribution < -0.4 is 25.4 Å². The molecule has 2 aromatic carbocycles. The molecule has 184 valence electrons. The van der Waals surface area contributed by atoms with E-state index in [1.165, 1.54) is 0 Å². The molecule has 1 aliphatic rings. The van der Waals surface area contributed by atoms with Crippen molar-refractivity contribution in [2.75, 3.05) is 27.3 Å². The van der Waals surface area contributed by atoms with Gasteiger partial charge >= 0.3 is 0 Å². The summed E-state index contributed by atoms with van der Waals surface area (Å²) in [6, 6.07) is 15.3. The number of rotatable bonds is 9. The van der Waals surface area contributed by atoms with Crippen molar-refractivity contribution in [2.45, 2.75) is 37.1 Å². The zero-order valence-corrected chi connectivity index (χ0v) is 20.3. The maximum absolute atomic E-state index is 13.1. The lowest BCUT2D eigenvalue weighted by molar-refractivity contribution is 0.0931. The van der Waals surface area contributed by atoms with Crippen molar-refractivity contribution >= 4 is 11.9 Å². The molecular formula is C27H33N5O3. The fourth-order valence-electron chi connectivity index (χ4n) is 4.65. The number of carbonyl (C=O) groups is 1. The average Bonchev–Trinajstić information content (AvgIpc) is 2.91. The molecule has 0 radical (unpaired) electrons. The van der Waals surface area contributed by atoms with Crippen LogP contribution in [0.25, 0.3) is 0 Å². The molecule has 0 heterocycles. The number of nitrogens with zero attached hydrogens (tertiary/aromatic N) is 2. The lowest BCUT2D eigenvalue weighted by Crippen LogP contribution is -2.49. The summed E-state index contributed by atoms with van der Waals surface area (Å²) < 4.78 is 11.1. The Morgan fingerprint density at radius 1 is 1.11 bits per heavy atom. The van der Waals surface area contributed by atoms with Gasteiger partial charge in [-0.3, -0.25) is 4.79 Å². The normalized spacial score (nSPS) is 19.7. The Labute approximate surface area is 207 Å². The van der Waals surface area contributed by atoms with Crippen LogP contribution in [0.5, 0.6) is 11.5 Å². The lowest BCUT2D eigenvalue weighted by Gasteiger charge is -2.42. The molecule has 1 aliphatic carbocycles. The number of para-hydroxylation sites is 2. The van der Waals surface area contributed by atoms with Crippen molar-refractivity contribution in [3.8, 4) is 17.7 Å². The summed E-state index contributed by atoms with van der Waals surface area (Å²) in [5.74, 6) is 1.63. The highest BCUT2D eigenvalue weighted by Crippen LogP contribution is 2.43. The van der Waals surface area contributed by atoms with Crippen LogP contribution in [0.3, 0.4) is 0 Å². The Bertz CT molecular complexity index is 1080. The van der Waals surface area contributed by atoms with Crippen molar-refractivity contribution in [1.82, 2.24) is 16.0 Å². The molecule has 0 atom stereocenters. The van der Waals surface area contributed by atoms with E-state index in [4.69, 9.17) is 14.7 Å². The highest BCUT2D eigenvalue weighted by atomic mass is 16.5. The number of methoxy groups -OCH3 is 2. The Balaban J connectivity index is 1.80. The fraction of sp³-hybridized carbons (Fsp3) is 0.370. The van der Waals surface area contributed by atoms with E-state index >= 15 is 0 Å². The topological polar surface area (TPSA) is 108 Å². The third-order valence-corrected chi connectivity index (χ3v) is 6.48. The Kier molecular flexibility index (Phi) is 9.13. The number of benzene rings is 2. The number of hydrogen-bond acceptors (Lipinski definition) is 5. The van der Waals surface area contributed by atoms with Crippen LogP contribution >= 0.6 is 0 Å². The van der Waals surface area contributed by atoms with Crippen LogP contribution in [-0.2, 0) is 5.41 Å². The van der Waals surface area contributed by atoms with Crippen LogP contribution in [0.15, 0.2) is 66.2 Å². The molecule has 1 fully saturated rings. The molecule has 0 spiro atoms. The van der Waals surface area contributed by atoms with Gasteiger partial charge in [-0.1, -0.05) is 36.4 Å². The second-order valence-corrected chi connectivity index (χ2v) is 8.51. The summed E-state index contributed by atoms with van der Waals surface area (Å²) in [5, 5.41) is 18.6. The number of aliphatic imine (C=N–C) groups is 1. The van der Waals surface area contributed by atoms with Gasteiger partial charge in [-0.2, -0.15) is 5.26 Å². The van der Waals surface area contributed by atoms with E-state index in [-0.39, 0.29) is 17.4 Å². The Hall–Kier alpha value is -3.99. The fourth-order valence-corrected chi connectivity index (χ4v) is 4.65. The van der Waals surface area contributed by atoms with Gasteiger partial charge in [0.1, 0.15) is 11.5 Å². The molecular weight excluding hydrogens is 442 g/mol. The Morgan fingerprint density at radius 3 is 2.43 bits per heavy atom. The summed E-state index contributed by atoms with van der Waals surface area (Å²) >= 11 is 0. The summed E-state index contributed by atoms with van der Waals surface area (Å²) in [6.45, 7) is 4.67. The number of amides is 1. The molecule has 8 nitrogen and oxygen atoms in total. The highest BCUT2D eigenvalue weighted by molar-refractivity contribution is 5.97. The van der Waals surface area contributed by atoms with Crippen molar-refractivity contribution in [1.29, 1.82) is 5.26 Å². The van der Waals surface area contributed by atoms with Crippen LogP contribution in [0.1, 0.15) is 41.6 Å². The zero-order valence-electron chi connectivity index (χ0n) is 20.3. The number of nitrogens with one attached hydrogen (secondary N) is 3. The molecule has 8 heteroatoms. The number of hydrogen-bond donors (Lipinski definition) is 3. The minimum atomic E-state index is -0.302. The van der Waals surface area contributed by atoms with E-state index in [2.05, 4.69) is 33.6 Å². The number of carbonyl (C=O) groups excluding carboxylic acids is 1. The maximum Gasteiger partial charge on any atom is 0.255 e. The van der Waals surface area contributed by atoms with E-state index < -0.39 is 0 Å². The number of nitriles is 1. The van der Waals surface area contributed by atoms with Crippen molar-refractivity contribution in [3.05, 3.63) is 72.3 Å². The van der Waals surface area contributed by atoms with Crippen molar-refractivity contribution < 1.29 is 14.3 Å². The van der Waals surface area contributed by atoms with Crippen molar-refractivity contribution in [3.63, 3.8) is 0 Å². The quantitative estimate of drug-likeness (QED) is 0.222. The molecule has 3 rings (SSSR count). The van der Waals surface area contributed by atoms with Crippen LogP contribution in [0.4, 0.5) is 0 Å². The molecule has 1 amide bonds. The van der Waals surface area contributed by atoms with E-state index in [1.54, 1.807) is 32.4 Å². The smallest absolute Gasteiger partial charge is 0.255 e. The predicted octanol–water partition coefficient (Wildman–Crippen LogP) is 3.52. The predicted molar refractivity (Wildman–Crippen MR) is 137 cm³/mol. The SMILES string of the molecule is C=CCN/C(=N\C#N)N[C@H]1CC[C@@](CNC(=O)c2ccccc2OC)(c2ccccc2OC)CC1. The van der Waals surface area contributed by atoms with Gasteiger partial charge in [0.15, 0.2) is 0 Å². The number of ether oxygens (including phenoxy) is 2. The summed E-state index contributed by atoms with van der Waals surface area (Å²) in [6.07, 6.45) is 6.86. The molecule has 0 bridgehead atoms. The highest BCUT2D eigenvalue weighted by Gasteiger charge is 2.39. The molecule has 35 heavy (non-hydrogen) atoms. The first kappa shape index (κ1) is 25.6. The second kappa shape index (κ2) is 12.5. The van der Waals surface area contributed by atoms with Gasteiger partial charge in [-0.15, -0.1) is 11.6 Å². The zero-order chi connectivity index (χ0) is 25.1.